The molecule has 0 radical (unpaired) electrons. The molecule has 1 fully saturated rings. The first-order valence-corrected chi connectivity index (χ1v) is 11.1. The largest absolute Gasteiger partial charge is 0.354 e. The van der Waals surface area contributed by atoms with E-state index in [1.54, 1.807) is 23.3 Å². The second-order valence-corrected chi connectivity index (χ2v) is 8.69. The van der Waals surface area contributed by atoms with Gasteiger partial charge in [0.1, 0.15) is 5.82 Å². The fourth-order valence-corrected chi connectivity index (χ4v) is 4.32. The Morgan fingerprint density at radius 3 is 2.52 bits per heavy atom. The first kappa shape index (κ1) is 21.2. The molecule has 4 aromatic heterocycles. The molecule has 5 rings (SSSR count). The molecule has 0 saturated carbocycles. The molecule has 0 spiro atoms. The molecule has 0 atom stereocenters. The highest BCUT2D eigenvalue weighted by atomic mass is 16.1. The highest BCUT2D eigenvalue weighted by Gasteiger charge is 2.20. The Hall–Kier alpha value is -3.65. The molecule has 1 saturated heterocycles. The minimum Gasteiger partial charge on any atom is -0.354 e. The number of Topliss-reactive ketones (excluding diaryl/α,β-unsaturated/α-hetero) is 1. The number of hydrogen-bond acceptors (Lipinski definition) is 7. The van der Waals surface area contributed by atoms with Crippen LogP contribution in [0, 0.1) is 6.92 Å². The highest BCUT2D eigenvalue weighted by Crippen LogP contribution is 2.24. The van der Waals surface area contributed by atoms with Crippen molar-refractivity contribution in [2.24, 2.45) is 7.05 Å². The molecule has 8 heteroatoms. The van der Waals surface area contributed by atoms with Crippen molar-refractivity contribution in [2.45, 2.75) is 13.3 Å². The van der Waals surface area contributed by atoms with Gasteiger partial charge in [0, 0.05) is 85.8 Å². The smallest absolute Gasteiger partial charge is 0.169 e. The minimum atomic E-state index is 0.0543. The molecule has 168 valence electrons. The Labute approximate surface area is 192 Å². The summed E-state index contributed by atoms with van der Waals surface area (Å²) in [5.41, 5.74) is 4.20. The lowest BCUT2D eigenvalue weighted by Gasteiger charge is -2.34. The fraction of sp³-hybridized carbons (Fsp3) is 0.320. The maximum absolute atomic E-state index is 13.2. The Morgan fingerprint density at radius 2 is 1.76 bits per heavy atom. The normalized spacial score (nSPS) is 14.7. The van der Waals surface area contributed by atoms with Crippen LogP contribution in [-0.4, -0.2) is 68.6 Å². The zero-order chi connectivity index (χ0) is 22.9. The van der Waals surface area contributed by atoms with E-state index in [4.69, 9.17) is 0 Å². The lowest BCUT2D eigenvalue weighted by atomic mass is 10.0. The third kappa shape index (κ3) is 4.34. The van der Waals surface area contributed by atoms with E-state index in [-0.39, 0.29) is 12.2 Å². The van der Waals surface area contributed by atoms with Gasteiger partial charge in [-0.2, -0.15) is 5.10 Å². The van der Waals surface area contributed by atoms with Gasteiger partial charge < -0.3 is 9.80 Å². The van der Waals surface area contributed by atoms with Crippen LogP contribution in [0.15, 0.2) is 49.2 Å². The number of rotatable bonds is 5. The molecule has 0 N–H and O–H groups in total. The summed E-state index contributed by atoms with van der Waals surface area (Å²) in [6.07, 6.45) is 9.31. The quantitative estimate of drug-likeness (QED) is 0.441. The van der Waals surface area contributed by atoms with Gasteiger partial charge in [0.05, 0.1) is 18.3 Å². The van der Waals surface area contributed by atoms with E-state index in [9.17, 15) is 4.79 Å². The molecule has 0 aromatic carbocycles. The number of hydrogen-bond donors (Lipinski definition) is 0. The molecular weight excluding hydrogens is 414 g/mol. The lowest BCUT2D eigenvalue weighted by molar-refractivity contribution is 0.0991. The van der Waals surface area contributed by atoms with Crippen molar-refractivity contribution in [1.29, 1.82) is 0 Å². The Kier molecular flexibility index (Phi) is 5.60. The van der Waals surface area contributed by atoms with Crippen LogP contribution in [0.3, 0.4) is 0 Å². The number of carbonyl (C=O) groups excluding carboxylic acids is 1. The Bertz CT molecular complexity index is 1320. The zero-order valence-electron chi connectivity index (χ0n) is 19.2. The summed E-state index contributed by atoms with van der Waals surface area (Å²) in [6.45, 7) is 5.82. The number of pyridine rings is 3. The molecular formula is C25H27N7O. The average molecular weight is 442 g/mol. The molecule has 8 nitrogen and oxygen atoms in total. The van der Waals surface area contributed by atoms with Crippen LogP contribution in [0.5, 0.6) is 0 Å². The first-order valence-electron chi connectivity index (χ1n) is 11.1. The van der Waals surface area contributed by atoms with E-state index in [1.807, 2.05) is 44.6 Å². The summed E-state index contributed by atoms with van der Waals surface area (Å²) in [4.78, 5) is 31.4. The molecule has 1 aliphatic rings. The van der Waals surface area contributed by atoms with Crippen molar-refractivity contribution in [2.75, 3.05) is 38.1 Å². The van der Waals surface area contributed by atoms with E-state index in [0.29, 0.717) is 5.56 Å². The number of likely N-dealkylation sites (N-methyl/N-ethyl adjacent to an activating group) is 1. The van der Waals surface area contributed by atoms with Crippen LogP contribution in [0.1, 0.15) is 21.6 Å². The molecule has 0 aliphatic carbocycles. The van der Waals surface area contributed by atoms with Crippen molar-refractivity contribution in [3.63, 3.8) is 0 Å². The summed E-state index contributed by atoms with van der Waals surface area (Å²) in [5.74, 6) is 0.964. The fourth-order valence-electron chi connectivity index (χ4n) is 4.32. The van der Waals surface area contributed by atoms with E-state index in [1.165, 1.54) is 0 Å². The van der Waals surface area contributed by atoms with Crippen molar-refractivity contribution in [3.05, 3.63) is 66.0 Å². The average Bonchev–Trinajstić information content (AvgIpc) is 3.25. The maximum atomic E-state index is 13.2. The van der Waals surface area contributed by atoms with Crippen molar-refractivity contribution in [3.8, 4) is 11.3 Å². The number of ketones is 1. The van der Waals surface area contributed by atoms with Gasteiger partial charge in [0.15, 0.2) is 5.78 Å². The SMILES string of the molecule is Cc1c(C(=O)Cc2cc3cc(-c4cnn(C)c4)ncc3cn2)ccnc1N1CCN(C)CC1. The lowest BCUT2D eigenvalue weighted by Crippen LogP contribution is -2.45. The van der Waals surface area contributed by atoms with Gasteiger partial charge in [-0.05, 0) is 37.6 Å². The Morgan fingerprint density at radius 1 is 0.970 bits per heavy atom. The second kappa shape index (κ2) is 8.71. The van der Waals surface area contributed by atoms with E-state index >= 15 is 0 Å². The number of anilines is 1. The van der Waals surface area contributed by atoms with Gasteiger partial charge in [0.2, 0.25) is 0 Å². The number of aromatic nitrogens is 5. The van der Waals surface area contributed by atoms with Crippen molar-refractivity contribution >= 4 is 22.4 Å². The number of carbonyl (C=O) groups is 1. The molecule has 33 heavy (non-hydrogen) atoms. The van der Waals surface area contributed by atoms with E-state index in [0.717, 1.165) is 65.3 Å². The summed E-state index contributed by atoms with van der Waals surface area (Å²) in [6, 6.07) is 5.82. The van der Waals surface area contributed by atoms with Gasteiger partial charge in [-0.25, -0.2) is 4.98 Å². The van der Waals surface area contributed by atoms with Gasteiger partial charge in [-0.1, -0.05) is 0 Å². The molecule has 4 aromatic rings. The number of nitrogens with zero attached hydrogens (tertiary/aromatic N) is 7. The van der Waals surface area contributed by atoms with Crippen molar-refractivity contribution < 1.29 is 4.79 Å². The standard InChI is InChI=1S/C25H27N7O/c1-17-22(4-5-26-25(17)32-8-6-30(2)7-9-32)24(33)12-21-10-18-11-23(20-15-29-31(3)16-20)28-14-19(18)13-27-21/h4-5,10-11,13-16H,6-9,12H2,1-3H3. The number of fused-ring (bicyclic) bond motifs is 1. The highest BCUT2D eigenvalue weighted by molar-refractivity contribution is 6.00. The van der Waals surface area contributed by atoms with Crippen LogP contribution >= 0.6 is 0 Å². The van der Waals surface area contributed by atoms with Gasteiger partial charge >= 0.3 is 0 Å². The van der Waals surface area contributed by atoms with Gasteiger partial charge in [-0.3, -0.25) is 19.4 Å². The topological polar surface area (TPSA) is 80.0 Å². The molecule has 5 heterocycles. The van der Waals surface area contributed by atoms with Gasteiger partial charge in [-0.15, -0.1) is 0 Å². The minimum absolute atomic E-state index is 0.0543. The van der Waals surface area contributed by atoms with Gasteiger partial charge in [0.25, 0.3) is 0 Å². The summed E-state index contributed by atoms with van der Waals surface area (Å²) in [5, 5.41) is 6.17. The van der Waals surface area contributed by atoms with Crippen molar-refractivity contribution in [1.82, 2.24) is 29.6 Å². The van der Waals surface area contributed by atoms with Crippen LogP contribution in [0.4, 0.5) is 5.82 Å². The number of piperazine rings is 1. The molecule has 1 aliphatic heterocycles. The third-order valence-electron chi connectivity index (χ3n) is 6.28. The predicted molar refractivity (Wildman–Crippen MR) is 128 cm³/mol. The number of aryl methyl sites for hydroxylation is 1. The summed E-state index contributed by atoms with van der Waals surface area (Å²) >= 11 is 0. The zero-order valence-corrected chi connectivity index (χ0v) is 19.2. The van der Waals surface area contributed by atoms with Crippen LogP contribution in [-0.2, 0) is 13.5 Å². The maximum Gasteiger partial charge on any atom is 0.169 e. The monoisotopic (exact) mass is 441 g/mol. The predicted octanol–water partition coefficient (Wildman–Crippen LogP) is 2.91. The Balaban J connectivity index is 1.39. The van der Waals surface area contributed by atoms with Crippen LogP contribution in [0.2, 0.25) is 0 Å². The second-order valence-electron chi connectivity index (χ2n) is 8.69. The van der Waals surface area contributed by atoms with E-state index in [2.05, 4.69) is 36.9 Å². The first-order chi connectivity index (χ1) is 16.0. The molecule has 0 unspecified atom stereocenters. The molecule has 0 bridgehead atoms. The van der Waals surface area contributed by atoms with E-state index < -0.39 is 0 Å². The summed E-state index contributed by atoms with van der Waals surface area (Å²) < 4.78 is 1.76. The summed E-state index contributed by atoms with van der Waals surface area (Å²) in [7, 11) is 4.01. The molecule has 0 amide bonds. The van der Waals surface area contributed by atoms with Crippen LogP contribution < -0.4 is 4.90 Å². The van der Waals surface area contributed by atoms with Crippen LogP contribution in [0.25, 0.3) is 22.0 Å². The third-order valence-corrected chi connectivity index (χ3v) is 6.28.